The Hall–Kier alpha value is -1.49. The fraction of sp³-hybridized carbons (Fsp3) is 0.471. The number of carbonyl (C=O) groups is 1. The van der Waals surface area contributed by atoms with E-state index in [1.807, 2.05) is 18.2 Å². The van der Waals surface area contributed by atoms with E-state index in [1.54, 1.807) is 6.92 Å². The van der Waals surface area contributed by atoms with Crippen LogP contribution < -0.4 is 4.74 Å². The second-order valence-corrected chi connectivity index (χ2v) is 6.15. The second kappa shape index (κ2) is 6.73. The number of esters is 1. The van der Waals surface area contributed by atoms with E-state index >= 15 is 0 Å². The zero-order valence-corrected chi connectivity index (χ0v) is 14.1. The maximum absolute atomic E-state index is 12.2. The Kier molecular flexibility index (Phi) is 4.71. The van der Waals surface area contributed by atoms with Gasteiger partial charge in [-0.15, -0.1) is 0 Å². The highest BCUT2D eigenvalue weighted by Gasteiger charge is 2.35. The number of fused-ring (bicyclic) bond motifs is 1. The Bertz CT molecular complexity index is 673. The van der Waals surface area contributed by atoms with Gasteiger partial charge >= 0.3 is 5.97 Å². The van der Waals surface area contributed by atoms with E-state index in [0.29, 0.717) is 30.5 Å². The van der Waals surface area contributed by atoms with E-state index in [4.69, 9.17) is 13.9 Å². The van der Waals surface area contributed by atoms with Crippen LogP contribution in [-0.4, -0.2) is 24.5 Å². The van der Waals surface area contributed by atoms with Gasteiger partial charge in [0.05, 0.1) is 18.6 Å². The maximum atomic E-state index is 12.2. The largest absolute Gasteiger partial charge is 0.493 e. The summed E-state index contributed by atoms with van der Waals surface area (Å²) >= 11 is 3.40. The minimum atomic E-state index is -0.382. The molecule has 1 heterocycles. The van der Waals surface area contributed by atoms with E-state index < -0.39 is 0 Å². The van der Waals surface area contributed by atoms with Gasteiger partial charge in [-0.3, -0.25) is 0 Å². The van der Waals surface area contributed by atoms with Crippen molar-refractivity contribution in [1.82, 2.24) is 0 Å². The Labute approximate surface area is 137 Å². The average Bonchev–Trinajstić information content (AvgIpc) is 3.27. The molecule has 0 saturated heterocycles. The highest BCUT2D eigenvalue weighted by Crippen LogP contribution is 2.48. The highest BCUT2D eigenvalue weighted by molar-refractivity contribution is 9.09. The molecule has 0 spiro atoms. The summed E-state index contributed by atoms with van der Waals surface area (Å²) < 4.78 is 16.8. The molecular formula is C17H19BrO4. The molecule has 0 amide bonds. The lowest BCUT2D eigenvalue weighted by molar-refractivity contribution is 0.0491. The summed E-state index contributed by atoms with van der Waals surface area (Å²) in [6, 6.07) is 5.70. The summed E-state index contributed by atoms with van der Waals surface area (Å²) in [6.45, 7) is 2.77. The van der Waals surface area contributed by atoms with Gasteiger partial charge in [0.15, 0.2) is 0 Å². The molecule has 1 aromatic heterocycles. The van der Waals surface area contributed by atoms with Gasteiger partial charge in [0.25, 0.3) is 0 Å². The second-order valence-electron chi connectivity index (χ2n) is 5.36. The Morgan fingerprint density at radius 2 is 2.23 bits per heavy atom. The molecule has 0 N–H and O–H groups in total. The van der Waals surface area contributed by atoms with Crippen molar-refractivity contribution in [3.05, 3.63) is 29.5 Å². The molecule has 5 heteroatoms. The number of ether oxygens (including phenoxy) is 2. The number of carbonyl (C=O) groups excluding carboxylic acids is 1. The molecule has 1 fully saturated rings. The monoisotopic (exact) mass is 366 g/mol. The van der Waals surface area contributed by atoms with Crippen LogP contribution in [0.3, 0.4) is 0 Å². The third kappa shape index (κ3) is 3.00. The summed E-state index contributed by atoms with van der Waals surface area (Å²) in [6.07, 6.45) is 3.09. The third-order valence-electron chi connectivity index (χ3n) is 3.70. The van der Waals surface area contributed by atoms with E-state index in [9.17, 15) is 4.79 Å². The van der Waals surface area contributed by atoms with E-state index in [-0.39, 0.29) is 5.97 Å². The van der Waals surface area contributed by atoms with Gasteiger partial charge in [0.2, 0.25) is 5.76 Å². The van der Waals surface area contributed by atoms with Crippen molar-refractivity contribution in [2.24, 2.45) is 0 Å². The molecular weight excluding hydrogens is 348 g/mol. The van der Waals surface area contributed by atoms with Crippen molar-refractivity contribution in [3.8, 4) is 5.75 Å². The molecule has 1 aliphatic rings. The smallest absolute Gasteiger partial charge is 0.374 e. The number of rotatable bonds is 7. The van der Waals surface area contributed by atoms with E-state index in [0.717, 1.165) is 41.3 Å². The van der Waals surface area contributed by atoms with Crippen LogP contribution in [-0.2, 0) is 4.74 Å². The van der Waals surface area contributed by atoms with Gasteiger partial charge in [-0.25, -0.2) is 4.79 Å². The molecule has 0 unspecified atom stereocenters. The topological polar surface area (TPSA) is 48.7 Å². The van der Waals surface area contributed by atoms with Crippen molar-refractivity contribution in [1.29, 1.82) is 0 Å². The molecule has 1 aliphatic carbocycles. The maximum Gasteiger partial charge on any atom is 0.374 e. The molecule has 1 aromatic carbocycles. The van der Waals surface area contributed by atoms with Crippen LogP contribution in [0.4, 0.5) is 0 Å². The fourth-order valence-corrected chi connectivity index (χ4v) is 2.84. The van der Waals surface area contributed by atoms with Crippen LogP contribution >= 0.6 is 15.9 Å². The van der Waals surface area contributed by atoms with Gasteiger partial charge in [0.1, 0.15) is 11.3 Å². The lowest BCUT2D eigenvalue weighted by Crippen LogP contribution is -2.06. The van der Waals surface area contributed by atoms with E-state index in [2.05, 4.69) is 15.9 Å². The first-order chi connectivity index (χ1) is 10.8. The van der Waals surface area contributed by atoms with Crippen LogP contribution in [0.2, 0.25) is 0 Å². The summed E-state index contributed by atoms with van der Waals surface area (Å²) in [4.78, 5) is 12.2. The Balaban J connectivity index is 2.04. The number of alkyl halides is 1. The molecule has 22 heavy (non-hydrogen) atoms. The molecule has 1 saturated carbocycles. The van der Waals surface area contributed by atoms with Gasteiger partial charge in [-0.2, -0.15) is 0 Å². The third-order valence-corrected chi connectivity index (χ3v) is 4.26. The molecule has 0 atom stereocenters. The minimum absolute atomic E-state index is 0.342. The fourth-order valence-electron chi connectivity index (χ4n) is 2.61. The van der Waals surface area contributed by atoms with Crippen molar-refractivity contribution in [3.63, 3.8) is 0 Å². The van der Waals surface area contributed by atoms with Crippen molar-refractivity contribution < 1.29 is 18.7 Å². The van der Waals surface area contributed by atoms with Crippen LogP contribution in [0.1, 0.15) is 48.2 Å². The first-order valence-electron chi connectivity index (χ1n) is 7.67. The summed E-state index contributed by atoms with van der Waals surface area (Å²) in [7, 11) is 0. The zero-order valence-electron chi connectivity index (χ0n) is 12.6. The predicted octanol–water partition coefficient (Wildman–Crippen LogP) is 4.65. The highest BCUT2D eigenvalue weighted by atomic mass is 79.9. The van der Waals surface area contributed by atoms with Crippen LogP contribution in [0.15, 0.2) is 22.6 Å². The van der Waals surface area contributed by atoms with Gasteiger partial charge in [-0.05, 0) is 44.2 Å². The number of hydrogen-bond donors (Lipinski definition) is 0. The van der Waals surface area contributed by atoms with Crippen LogP contribution in [0.25, 0.3) is 11.0 Å². The van der Waals surface area contributed by atoms with Crippen molar-refractivity contribution in [2.75, 3.05) is 18.5 Å². The standard InChI is InChI=1S/C17H19BrO4/c1-2-20-17(19)16-14(11-7-8-11)15-12(21-10-4-9-18)5-3-6-13(15)22-16/h3,5-6,11H,2,4,7-10H2,1H3. The Morgan fingerprint density at radius 1 is 1.41 bits per heavy atom. The summed E-state index contributed by atoms with van der Waals surface area (Å²) in [5, 5.41) is 1.83. The number of benzene rings is 1. The SMILES string of the molecule is CCOC(=O)c1oc2cccc(OCCCBr)c2c1C1CC1. The first kappa shape index (κ1) is 15.4. The average molecular weight is 367 g/mol. The molecule has 4 nitrogen and oxygen atoms in total. The number of hydrogen-bond acceptors (Lipinski definition) is 4. The normalized spacial score (nSPS) is 14.3. The van der Waals surface area contributed by atoms with Gasteiger partial charge < -0.3 is 13.9 Å². The lowest BCUT2D eigenvalue weighted by atomic mass is 10.1. The van der Waals surface area contributed by atoms with Gasteiger partial charge in [0, 0.05) is 10.9 Å². The number of halogens is 1. The summed E-state index contributed by atoms with van der Waals surface area (Å²) in [5.41, 5.74) is 1.66. The minimum Gasteiger partial charge on any atom is -0.493 e. The van der Waals surface area contributed by atoms with Crippen molar-refractivity contribution in [2.45, 2.75) is 32.1 Å². The van der Waals surface area contributed by atoms with Crippen LogP contribution in [0, 0.1) is 0 Å². The molecule has 0 bridgehead atoms. The molecule has 0 aliphatic heterocycles. The molecule has 0 radical (unpaired) electrons. The van der Waals surface area contributed by atoms with Gasteiger partial charge in [-0.1, -0.05) is 22.0 Å². The quantitative estimate of drug-likeness (QED) is 0.406. The van der Waals surface area contributed by atoms with E-state index in [1.165, 1.54) is 0 Å². The summed E-state index contributed by atoms with van der Waals surface area (Å²) in [5.74, 6) is 1.13. The lowest BCUT2D eigenvalue weighted by Gasteiger charge is -2.07. The zero-order chi connectivity index (χ0) is 15.5. The molecule has 2 aromatic rings. The van der Waals surface area contributed by atoms with Crippen LogP contribution in [0.5, 0.6) is 5.75 Å². The van der Waals surface area contributed by atoms with Crippen molar-refractivity contribution >= 4 is 32.9 Å². The number of furan rings is 1. The first-order valence-corrected chi connectivity index (χ1v) is 8.79. The molecule has 3 rings (SSSR count). The predicted molar refractivity (Wildman–Crippen MR) is 88.1 cm³/mol. The molecule has 118 valence electrons. The Morgan fingerprint density at radius 3 is 2.91 bits per heavy atom.